The molecule has 2 heterocycles. The number of nitriles is 1. The lowest BCUT2D eigenvalue weighted by molar-refractivity contribution is 0.346. The van der Waals surface area contributed by atoms with Crippen LogP contribution >= 0.6 is 0 Å². The minimum Gasteiger partial charge on any atom is -0.497 e. The number of ether oxygens (including phenoxy) is 3. The van der Waals surface area contributed by atoms with Gasteiger partial charge in [0, 0.05) is 25.7 Å². The Labute approximate surface area is 154 Å². The summed E-state index contributed by atoms with van der Waals surface area (Å²) in [6.45, 7) is 0. The van der Waals surface area contributed by atoms with Crippen molar-refractivity contribution in [3.05, 3.63) is 61.6 Å². The standard InChI is InChI=1S/C18H18N4O5/c1-21-16(23)14-13(10-6-5-9(25-3)7-12(10)26-4)11(8-19)15(20)27-17(14)22(2)18(21)24/h5-7,13H,20H2,1-4H3/t13-/m1/s1. The average molecular weight is 370 g/mol. The second kappa shape index (κ2) is 6.57. The van der Waals surface area contributed by atoms with Crippen molar-refractivity contribution in [2.24, 2.45) is 19.8 Å². The van der Waals surface area contributed by atoms with Crippen LogP contribution in [0.4, 0.5) is 0 Å². The molecule has 3 rings (SSSR count). The maximum absolute atomic E-state index is 12.9. The van der Waals surface area contributed by atoms with Crippen molar-refractivity contribution in [3.63, 3.8) is 0 Å². The third-order valence-electron chi connectivity index (χ3n) is 4.57. The van der Waals surface area contributed by atoms with Crippen LogP contribution < -0.4 is 31.2 Å². The molecule has 0 unspecified atom stereocenters. The van der Waals surface area contributed by atoms with Crippen LogP contribution in [0.2, 0.25) is 0 Å². The molecule has 1 atom stereocenters. The third-order valence-corrected chi connectivity index (χ3v) is 4.57. The zero-order valence-corrected chi connectivity index (χ0v) is 15.3. The third kappa shape index (κ3) is 2.62. The van der Waals surface area contributed by atoms with E-state index in [2.05, 4.69) is 0 Å². The molecule has 1 aromatic heterocycles. The molecule has 0 saturated carbocycles. The van der Waals surface area contributed by atoms with E-state index < -0.39 is 17.2 Å². The Morgan fingerprint density at radius 2 is 1.89 bits per heavy atom. The Hall–Kier alpha value is -3.67. The van der Waals surface area contributed by atoms with Crippen molar-refractivity contribution in [1.82, 2.24) is 9.13 Å². The van der Waals surface area contributed by atoms with Gasteiger partial charge in [-0.1, -0.05) is 6.07 Å². The van der Waals surface area contributed by atoms with Crippen molar-refractivity contribution < 1.29 is 14.2 Å². The van der Waals surface area contributed by atoms with Crippen LogP contribution in [-0.2, 0) is 14.1 Å². The van der Waals surface area contributed by atoms with Gasteiger partial charge >= 0.3 is 5.69 Å². The monoisotopic (exact) mass is 370 g/mol. The lowest BCUT2D eigenvalue weighted by Crippen LogP contribution is -2.42. The molecule has 0 amide bonds. The first-order chi connectivity index (χ1) is 12.8. The topological polar surface area (TPSA) is 122 Å². The number of allylic oxidation sites excluding steroid dienone is 1. The molecule has 140 valence electrons. The molecule has 0 saturated heterocycles. The number of nitrogens with two attached hydrogens (primary N) is 1. The first kappa shape index (κ1) is 18.1. The predicted octanol–water partition coefficient (Wildman–Crippen LogP) is 0.319. The number of hydrogen-bond donors (Lipinski definition) is 1. The summed E-state index contributed by atoms with van der Waals surface area (Å²) in [7, 11) is 5.81. The second-order valence-electron chi connectivity index (χ2n) is 5.96. The van der Waals surface area contributed by atoms with Gasteiger partial charge < -0.3 is 19.9 Å². The fraction of sp³-hybridized carbons (Fsp3) is 0.278. The van der Waals surface area contributed by atoms with Crippen LogP contribution in [0.1, 0.15) is 17.0 Å². The maximum Gasteiger partial charge on any atom is 0.333 e. The Balaban J connectivity index is 2.42. The number of nitrogens with zero attached hydrogens (tertiary/aromatic N) is 3. The molecule has 0 bridgehead atoms. The predicted molar refractivity (Wildman–Crippen MR) is 95.8 cm³/mol. The van der Waals surface area contributed by atoms with Crippen LogP contribution in [0.15, 0.2) is 39.2 Å². The second-order valence-corrected chi connectivity index (χ2v) is 5.96. The molecule has 0 spiro atoms. The van der Waals surface area contributed by atoms with E-state index >= 15 is 0 Å². The number of aromatic nitrogens is 2. The van der Waals surface area contributed by atoms with E-state index in [1.165, 1.54) is 32.9 Å². The summed E-state index contributed by atoms with van der Waals surface area (Å²) in [5.41, 5.74) is 5.51. The van der Waals surface area contributed by atoms with Crippen LogP contribution in [0.25, 0.3) is 0 Å². The summed E-state index contributed by atoms with van der Waals surface area (Å²) in [5.74, 6) is -0.0703. The Morgan fingerprint density at radius 1 is 1.19 bits per heavy atom. The molecular weight excluding hydrogens is 352 g/mol. The summed E-state index contributed by atoms with van der Waals surface area (Å²) in [5, 5.41) is 9.66. The number of fused-ring (bicyclic) bond motifs is 1. The number of rotatable bonds is 3. The molecule has 1 aromatic carbocycles. The Morgan fingerprint density at radius 3 is 2.48 bits per heavy atom. The molecule has 0 radical (unpaired) electrons. The minimum atomic E-state index is -0.856. The highest BCUT2D eigenvalue weighted by Gasteiger charge is 2.37. The van der Waals surface area contributed by atoms with E-state index in [-0.39, 0.29) is 22.9 Å². The molecule has 0 fully saturated rings. The van der Waals surface area contributed by atoms with Gasteiger partial charge in [-0.2, -0.15) is 5.26 Å². The summed E-state index contributed by atoms with van der Waals surface area (Å²) < 4.78 is 18.3. The van der Waals surface area contributed by atoms with Crippen molar-refractivity contribution in [2.45, 2.75) is 5.92 Å². The average Bonchev–Trinajstić information content (AvgIpc) is 2.69. The van der Waals surface area contributed by atoms with Gasteiger partial charge in [-0.3, -0.25) is 13.9 Å². The van der Waals surface area contributed by atoms with Gasteiger partial charge in [-0.15, -0.1) is 0 Å². The van der Waals surface area contributed by atoms with Gasteiger partial charge in [0.1, 0.15) is 23.1 Å². The molecule has 1 aliphatic rings. The van der Waals surface area contributed by atoms with E-state index in [4.69, 9.17) is 19.9 Å². The highest BCUT2D eigenvalue weighted by molar-refractivity contribution is 5.57. The molecule has 2 aromatic rings. The Kier molecular flexibility index (Phi) is 4.41. The first-order valence-corrected chi connectivity index (χ1v) is 7.95. The van der Waals surface area contributed by atoms with Gasteiger partial charge in [0.15, 0.2) is 0 Å². The summed E-state index contributed by atoms with van der Waals surface area (Å²) in [6, 6.07) is 7.02. The normalized spacial score (nSPS) is 15.6. The molecule has 2 N–H and O–H groups in total. The van der Waals surface area contributed by atoms with Gasteiger partial charge in [0.2, 0.25) is 11.8 Å². The molecule has 9 nitrogen and oxygen atoms in total. The Bertz CT molecular complexity index is 1120. The van der Waals surface area contributed by atoms with Gasteiger partial charge in [-0.05, 0) is 6.07 Å². The van der Waals surface area contributed by atoms with Crippen molar-refractivity contribution in [1.29, 1.82) is 5.26 Å². The van der Waals surface area contributed by atoms with Crippen molar-refractivity contribution >= 4 is 0 Å². The van der Waals surface area contributed by atoms with E-state index in [1.807, 2.05) is 6.07 Å². The highest BCUT2D eigenvalue weighted by Crippen LogP contribution is 2.43. The SMILES string of the molecule is COc1ccc([C@@H]2C(C#N)=C(N)Oc3c2c(=O)n(C)c(=O)n3C)c(OC)c1. The molecule has 27 heavy (non-hydrogen) atoms. The minimum absolute atomic E-state index is 0.00229. The van der Waals surface area contributed by atoms with Crippen LogP contribution in [0, 0.1) is 11.3 Å². The zero-order chi connectivity index (χ0) is 19.9. The largest absolute Gasteiger partial charge is 0.497 e. The van der Waals surface area contributed by atoms with Crippen LogP contribution in [0.5, 0.6) is 17.4 Å². The molecule has 9 heteroatoms. The quantitative estimate of drug-likeness (QED) is 0.825. The van der Waals surface area contributed by atoms with Crippen molar-refractivity contribution in [2.75, 3.05) is 14.2 Å². The van der Waals surface area contributed by atoms with E-state index in [9.17, 15) is 14.9 Å². The number of benzene rings is 1. The smallest absolute Gasteiger partial charge is 0.333 e. The summed E-state index contributed by atoms with van der Waals surface area (Å²) in [6.07, 6.45) is 0. The molecule has 1 aliphatic heterocycles. The van der Waals surface area contributed by atoms with Crippen LogP contribution in [-0.4, -0.2) is 23.4 Å². The van der Waals surface area contributed by atoms with E-state index in [1.54, 1.807) is 18.2 Å². The van der Waals surface area contributed by atoms with Crippen LogP contribution in [0.3, 0.4) is 0 Å². The molecular formula is C18H18N4O5. The van der Waals surface area contributed by atoms with Gasteiger partial charge in [0.05, 0.1) is 25.7 Å². The van der Waals surface area contributed by atoms with E-state index in [0.717, 1.165) is 4.57 Å². The van der Waals surface area contributed by atoms with Gasteiger partial charge in [0.25, 0.3) is 5.56 Å². The molecule has 0 aliphatic carbocycles. The maximum atomic E-state index is 12.9. The fourth-order valence-corrected chi connectivity index (χ4v) is 3.16. The number of methoxy groups -OCH3 is 2. The lowest BCUT2D eigenvalue weighted by atomic mass is 9.84. The summed E-state index contributed by atoms with van der Waals surface area (Å²) in [4.78, 5) is 25.1. The van der Waals surface area contributed by atoms with E-state index in [0.29, 0.717) is 17.1 Å². The van der Waals surface area contributed by atoms with Crippen molar-refractivity contribution in [3.8, 4) is 23.4 Å². The lowest BCUT2D eigenvalue weighted by Gasteiger charge is -2.28. The zero-order valence-electron chi connectivity index (χ0n) is 15.3. The fourth-order valence-electron chi connectivity index (χ4n) is 3.16. The number of hydrogen-bond acceptors (Lipinski definition) is 7. The first-order valence-electron chi connectivity index (χ1n) is 7.95. The summed E-state index contributed by atoms with van der Waals surface area (Å²) >= 11 is 0. The van der Waals surface area contributed by atoms with Gasteiger partial charge in [-0.25, -0.2) is 4.79 Å². The highest BCUT2D eigenvalue weighted by atomic mass is 16.5.